The number of hydrogen-bond donors (Lipinski definition) is 0. The Labute approximate surface area is 151 Å². The van der Waals surface area contributed by atoms with Crippen LogP contribution in [-0.2, 0) is 16.6 Å². The average molecular weight is 361 g/mol. The zero-order valence-corrected chi connectivity index (χ0v) is 15.4. The minimum atomic E-state index is -0.0942. The summed E-state index contributed by atoms with van der Waals surface area (Å²) in [5.74, 6) is 0.901. The normalized spacial score (nSPS) is 25.5. The second-order valence-corrected chi connectivity index (χ2v) is 7.57. The molecule has 0 spiro atoms. The van der Waals surface area contributed by atoms with Crippen LogP contribution in [0.15, 0.2) is 17.6 Å². The Hall–Kier alpha value is -1.77. The Morgan fingerprint density at radius 3 is 2.96 bits per heavy atom. The zero-order chi connectivity index (χ0) is 17.4. The fourth-order valence-corrected chi connectivity index (χ4v) is 4.43. The smallest absolute Gasteiger partial charge is 0.245 e. The fourth-order valence-electron chi connectivity index (χ4n) is 3.59. The van der Waals surface area contributed by atoms with Crippen molar-refractivity contribution in [2.24, 2.45) is 7.05 Å². The van der Waals surface area contributed by atoms with Crippen LogP contribution in [0.2, 0.25) is 0 Å². The standard InChI is InChI=1S/C17H23N5O2S/c1-12-11-25-16(18-12)14-10-21(8-9-24-14)13-4-3-6-22(17(13)23)15-5-7-20(2)19-15/h5,7,11,13-14H,3-4,6,8-10H2,1-2H3. The molecule has 134 valence electrons. The molecule has 2 fully saturated rings. The molecule has 2 aromatic rings. The predicted molar refractivity (Wildman–Crippen MR) is 95.7 cm³/mol. The number of anilines is 1. The number of amides is 1. The molecule has 2 aliphatic rings. The van der Waals surface area contributed by atoms with E-state index in [1.54, 1.807) is 16.0 Å². The third-order valence-electron chi connectivity index (χ3n) is 4.84. The molecule has 0 radical (unpaired) electrons. The number of aromatic nitrogens is 3. The summed E-state index contributed by atoms with van der Waals surface area (Å²) in [6, 6.07) is 1.81. The summed E-state index contributed by atoms with van der Waals surface area (Å²) in [5, 5.41) is 7.45. The maximum absolute atomic E-state index is 13.1. The van der Waals surface area contributed by atoms with Gasteiger partial charge in [-0.15, -0.1) is 11.3 Å². The summed E-state index contributed by atoms with van der Waals surface area (Å²) in [6.07, 6.45) is 3.73. The molecule has 0 bridgehead atoms. The van der Waals surface area contributed by atoms with Gasteiger partial charge >= 0.3 is 0 Å². The van der Waals surface area contributed by atoms with Crippen molar-refractivity contribution in [2.75, 3.05) is 31.1 Å². The summed E-state index contributed by atoms with van der Waals surface area (Å²) < 4.78 is 7.65. The highest BCUT2D eigenvalue weighted by atomic mass is 32.1. The summed E-state index contributed by atoms with van der Waals surface area (Å²) >= 11 is 1.63. The number of morpholine rings is 1. The van der Waals surface area contributed by atoms with Gasteiger partial charge in [0.05, 0.1) is 12.6 Å². The second-order valence-electron chi connectivity index (χ2n) is 6.68. The van der Waals surface area contributed by atoms with E-state index in [1.807, 2.05) is 36.5 Å². The number of rotatable bonds is 3. The monoisotopic (exact) mass is 361 g/mol. The van der Waals surface area contributed by atoms with E-state index in [0.717, 1.165) is 49.0 Å². The molecule has 4 heterocycles. The third kappa shape index (κ3) is 3.33. The number of thiazole rings is 1. The Bertz CT molecular complexity index is 758. The minimum Gasteiger partial charge on any atom is -0.368 e. The van der Waals surface area contributed by atoms with E-state index in [0.29, 0.717) is 6.61 Å². The summed E-state index contributed by atoms with van der Waals surface area (Å²) in [4.78, 5) is 21.7. The highest BCUT2D eigenvalue weighted by Gasteiger charge is 2.37. The lowest BCUT2D eigenvalue weighted by molar-refractivity contribution is -0.129. The van der Waals surface area contributed by atoms with Crippen LogP contribution in [0, 0.1) is 6.92 Å². The van der Waals surface area contributed by atoms with Gasteiger partial charge in [0.15, 0.2) is 5.82 Å². The van der Waals surface area contributed by atoms with E-state index >= 15 is 0 Å². The SMILES string of the molecule is Cc1csc(C2CN(C3CCCN(c4ccn(C)n4)C3=O)CCO2)n1. The van der Waals surface area contributed by atoms with Gasteiger partial charge in [-0.3, -0.25) is 19.3 Å². The van der Waals surface area contributed by atoms with Crippen LogP contribution in [-0.4, -0.2) is 57.9 Å². The van der Waals surface area contributed by atoms with Crippen molar-refractivity contribution in [2.45, 2.75) is 31.9 Å². The molecular formula is C17H23N5O2S. The van der Waals surface area contributed by atoms with E-state index in [9.17, 15) is 4.79 Å². The molecule has 2 aliphatic heterocycles. The van der Waals surface area contributed by atoms with E-state index in [2.05, 4.69) is 15.0 Å². The number of carbonyl (C=O) groups is 1. The van der Waals surface area contributed by atoms with Gasteiger partial charge in [-0.2, -0.15) is 5.10 Å². The van der Waals surface area contributed by atoms with Gasteiger partial charge in [0.25, 0.3) is 0 Å². The molecule has 0 aromatic carbocycles. The van der Waals surface area contributed by atoms with E-state index in [-0.39, 0.29) is 18.1 Å². The first-order valence-electron chi connectivity index (χ1n) is 8.70. The summed E-state index contributed by atoms with van der Waals surface area (Å²) in [5.41, 5.74) is 1.02. The number of nitrogens with zero attached hydrogens (tertiary/aromatic N) is 5. The van der Waals surface area contributed by atoms with E-state index in [1.165, 1.54) is 0 Å². The van der Waals surface area contributed by atoms with Crippen LogP contribution in [0.25, 0.3) is 0 Å². The van der Waals surface area contributed by atoms with Crippen molar-refractivity contribution >= 4 is 23.1 Å². The summed E-state index contributed by atoms with van der Waals surface area (Å²) in [7, 11) is 1.87. The molecule has 7 nitrogen and oxygen atoms in total. The first-order chi connectivity index (χ1) is 12.1. The molecule has 25 heavy (non-hydrogen) atoms. The first kappa shape index (κ1) is 16.7. The number of aryl methyl sites for hydroxylation is 2. The molecule has 4 rings (SSSR count). The van der Waals surface area contributed by atoms with Gasteiger partial charge in [-0.05, 0) is 19.8 Å². The molecule has 2 unspecified atom stereocenters. The number of piperidine rings is 1. The van der Waals surface area contributed by atoms with Gasteiger partial charge in [0.1, 0.15) is 11.1 Å². The van der Waals surface area contributed by atoms with Crippen LogP contribution in [0.4, 0.5) is 5.82 Å². The van der Waals surface area contributed by atoms with Crippen molar-refractivity contribution in [3.05, 3.63) is 28.3 Å². The van der Waals surface area contributed by atoms with Gasteiger partial charge in [0, 0.05) is 50.0 Å². The largest absolute Gasteiger partial charge is 0.368 e. The molecule has 2 aromatic heterocycles. The fraction of sp³-hybridized carbons (Fsp3) is 0.588. The molecule has 2 saturated heterocycles. The topological polar surface area (TPSA) is 63.5 Å². The maximum Gasteiger partial charge on any atom is 0.245 e. The Balaban J connectivity index is 1.49. The van der Waals surface area contributed by atoms with Crippen LogP contribution < -0.4 is 4.90 Å². The predicted octanol–water partition coefficient (Wildman–Crippen LogP) is 1.75. The van der Waals surface area contributed by atoms with Crippen molar-refractivity contribution < 1.29 is 9.53 Å². The summed E-state index contributed by atoms with van der Waals surface area (Å²) in [6.45, 7) is 4.88. The zero-order valence-electron chi connectivity index (χ0n) is 14.6. The quantitative estimate of drug-likeness (QED) is 0.833. The van der Waals surface area contributed by atoms with E-state index < -0.39 is 0 Å². The average Bonchev–Trinajstić information content (AvgIpc) is 3.24. The van der Waals surface area contributed by atoms with Gasteiger partial charge in [0.2, 0.25) is 5.91 Å². The third-order valence-corrected chi connectivity index (χ3v) is 5.89. The molecule has 0 N–H and O–H groups in total. The minimum absolute atomic E-state index is 0.0366. The molecule has 0 aliphatic carbocycles. The lowest BCUT2D eigenvalue weighted by Crippen LogP contribution is -2.55. The van der Waals surface area contributed by atoms with Crippen LogP contribution in [0.3, 0.4) is 0 Å². The molecule has 2 atom stereocenters. The molecule has 0 saturated carbocycles. The Kier molecular flexibility index (Phi) is 4.58. The van der Waals surface area contributed by atoms with Crippen molar-refractivity contribution in [1.82, 2.24) is 19.7 Å². The van der Waals surface area contributed by atoms with Crippen LogP contribution >= 0.6 is 11.3 Å². The van der Waals surface area contributed by atoms with E-state index in [4.69, 9.17) is 4.74 Å². The Morgan fingerprint density at radius 2 is 2.24 bits per heavy atom. The van der Waals surface area contributed by atoms with Crippen molar-refractivity contribution in [3.8, 4) is 0 Å². The molecular weight excluding hydrogens is 338 g/mol. The van der Waals surface area contributed by atoms with Gasteiger partial charge in [-0.1, -0.05) is 0 Å². The second kappa shape index (κ2) is 6.86. The lowest BCUT2D eigenvalue weighted by atomic mass is 10.0. The van der Waals surface area contributed by atoms with Crippen molar-refractivity contribution in [3.63, 3.8) is 0 Å². The number of carbonyl (C=O) groups excluding carboxylic acids is 1. The van der Waals surface area contributed by atoms with Crippen LogP contribution in [0.5, 0.6) is 0 Å². The maximum atomic E-state index is 13.1. The van der Waals surface area contributed by atoms with Crippen molar-refractivity contribution in [1.29, 1.82) is 0 Å². The lowest BCUT2D eigenvalue weighted by Gasteiger charge is -2.41. The van der Waals surface area contributed by atoms with Gasteiger partial charge < -0.3 is 4.74 Å². The van der Waals surface area contributed by atoms with Gasteiger partial charge in [-0.25, -0.2) is 4.98 Å². The number of ether oxygens (including phenoxy) is 1. The molecule has 1 amide bonds. The highest BCUT2D eigenvalue weighted by molar-refractivity contribution is 7.09. The first-order valence-corrected chi connectivity index (χ1v) is 9.58. The highest BCUT2D eigenvalue weighted by Crippen LogP contribution is 2.29. The molecule has 8 heteroatoms. The Morgan fingerprint density at radius 1 is 1.36 bits per heavy atom. The number of hydrogen-bond acceptors (Lipinski definition) is 6. The van der Waals surface area contributed by atoms with Crippen LogP contribution in [0.1, 0.15) is 29.6 Å².